The normalized spacial score (nSPS) is 11.5. The Labute approximate surface area is 104 Å². The number of alkyl halides is 3. The number of aromatic nitrogens is 2. The number of benzene rings is 1. The summed E-state index contributed by atoms with van der Waals surface area (Å²) < 4.78 is 36.1. The fraction of sp³-hybridized carbons (Fsp3) is 0.182. The fourth-order valence-electron chi connectivity index (χ4n) is 1.57. The lowest BCUT2D eigenvalue weighted by atomic mass is 10.1. The van der Waals surface area contributed by atoms with Crippen molar-refractivity contribution < 1.29 is 18.0 Å². The van der Waals surface area contributed by atoms with Crippen LogP contribution in [0.1, 0.15) is 5.69 Å². The summed E-state index contributed by atoms with van der Waals surface area (Å²) in [4.78, 5) is 22.1. The Morgan fingerprint density at radius 2 is 1.89 bits per heavy atom. The SMILES string of the molecule is O=C(NCc1n[nH]c(=O)c2ccccc12)C(F)(F)F. The number of nitrogens with zero attached hydrogens (tertiary/aromatic N) is 1. The smallest absolute Gasteiger partial charge is 0.343 e. The number of rotatable bonds is 2. The van der Waals surface area contributed by atoms with E-state index >= 15 is 0 Å². The highest BCUT2D eigenvalue weighted by Crippen LogP contribution is 2.16. The van der Waals surface area contributed by atoms with Gasteiger partial charge in [0.05, 0.1) is 17.6 Å². The second-order valence-electron chi connectivity index (χ2n) is 3.73. The van der Waals surface area contributed by atoms with Gasteiger partial charge in [0.15, 0.2) is 0 Å². The van der Waals surface area contributed by atoms with Crippen LogP contribution in [0.2, 0.25) is 0 Å². The average Bonchev–Trinajstić information content (AvgIpc) is 2.37. The number of carbonyl (C=O) groups excluding carboxylic acids is 1. The van der Waals surface area contributed by atoms with Crippen molar-refractivity contribution in [2.75, 3.05) is 0 Å². The molecular formula is C11H8F3N3O2. The van der Waals surface area contributed by atoms with Crippen LogP contribution in [0.25, 0.3) is 10.8 Å². The Hall–Kier alpha value is -2.38. The molecule has 0 aliphatic carbocycles. The fourth-order valence-corrected chi connectivity index (χ4v) is 1.57. The van der Waals surface area contributed by atoms with Crippen molar-refractivity contribution in [1.29, 1.82) is 0 Å². The monoisotopic (exact) mass is 271 g/mol. The number of carbonyl (C=O) groups is 1. The van der Waals surface area contributed by atoms with Gasteiger partial charge in [-0.05, 0) is 6.07 Å². The second-order valence-corrected chi connectivity index (χ2v) is 3.73. The molecule has 2 rings (SSSR count). The van der Waals surface area contributed by atoms with Gasteiger partial charge in [-0.15, -0.1) is 0 Å². The van der Waals surface area contributed by atoms with E-state index in [4.69, 9.17) is 0 Å². The maximum Gasteiger partial charge on any atom is 0.471 e. The third-order valence-corrected chi connectivity index (χ3v) is 2.45. The first-order valence-electron chi connectivity index (χ1n) is 5.21. The van der Waals surface area contributed by atoms with E-state index in [-0.39, 0.29) is 5.69 Å². The van der Waals surface area contributed by atoms with Crippen LogP contribution in [-0.2, 0) is 11.3 Å². The van der Waals surface area contributed by atoms with E-state index in [1.807, 2.05) is 0 Å². The summed E-state index contributed by atoms with van der Waals surface area (Å²) in [5.41, 5.74) is -0.283. The van der Waals surface area contributed by atoms with Crippen LogP contribution in [0.15, 0.2) is 29.1 Å². The zero-order valence-corrected chi connectivity index (χ0v) is 9.41. The predicted molar refractivity (Wildman–Crippen MR) is 60.3 cm³/mol. The molecule has 1 heterocycles. The van der Waals surface area contributed by atoms with Crippen molar-refractivity contribution in [2.24, 2.45) is 0 Å². The zero-order valence-electron chi connectivity index (χ0n) is 9.41. The molecule has 1 amide bonds. The van der Waals surface area contributed by atoms with Crippen molar-refractivity contribution in [1.82, 2.24) is 15.5 Å². The maximum atomic E-state index is 12.0. The van der Waals surface area contributed by atoms with E-state index in [0.29, 0.717) is 10.8 Å². The van der Waals surface area contributed by atoms with Crippen LogP contribution in [0.4, 0.5) is 13.2 Å². The molecule has 0 spiro atoms. The first kappa shape index (κ1) is 13.1. The predicted octanol–water partition coefficient (Wildman–Crippen LogP) is 1.10. The van der Waals surface area contributed by atoms with Gasteiger partial charge in [-0.2, -0.15) is 18.3 Å². The molecule has 0 aliphatic heterocycles. The molecule has 19 heavy (non-hydrogen) atoms. The van der Waals surface area contributed by atoms with Crippen LogP contribution in [-0.4, -0.2) is 22.3 Å². The van der Waals surface area contributed by atoms with Gasteiger partial charge in [-0.25, -0.2) is 5.10 Å². The van der Waals surface area contributed by atoms with Crippen molar-refractivity contribution in [3.8, 4) is 0 Å². The minimum absolute atomic E-state index is 0.160. The minimum Gasteiger partial charge on any atom is -0.343 e. The van der Waals surface area contributed by atoms with E-state index in [9.17, 15) is 22.8 Å². The quantitative estimate of drug-likeness (QED) is 0.859. The van der Waals surface area contributed by atoms with E-state index in [2.05, 4.69) is 10.2 Å². The molecule has 0 radical (unpaired) electrons. The summed E-state index contributed by atoms with van der Waals surface area (Å²) in [5.74, 6) is -2.05. The summed E-state index contributed by atoms with van der Waals surface area (Å²) in [5, 5.41) is 8.21. The molecule has 0 saturated carbocycles. The van der Waals surface area contributed by atoms with Crippen LogP contribution < -0.4 is 10.9 Å². The van der Waals surface area contributed by atoms with Crippen molar-refractivity contribution in [2.45, 2.75) is 12.7 Å². The Balaban J connectivity index is 2.30. The molecule has 2 aromatic rings. The van der Waals surface area contributed by atoms with E-state index in [1.165, 1.54) is 6.07 Å². The first-order chi connectivity index (χ1) is 8.89. The summed E-state index contributed by atoms with van der Waals surface area (Å²) in [6.07, 6.45) is -4.95. The molecule has 0 fully saturated rings. The average molecular weight is 271 g/mol. The first-order valence-corrected chi connectivity index (χ1v) is 5.21. The van der Waals surface area contributed by atoms with Crippen molar-refractivity contribution in [3.63, 3.8) is 0 Å². The van der Waals surface area contributed by atoms with Gasteiger partial charge < -0.3 is 5.32 Å². The molecule has 0 atom stereocenters. The number of nitrogens with one attached hydrogen (secondary N) is 2. The van der Waals surface area contributed by atoms with Gasteiger partial charge in [0, 0.05) is 5.39 Å². The van der Waals surface area contributed by atoms with E-state index in [0.717, 1.165) is 0 Å². The summed E-state index contributed by atoms with van der Waals surface area (Å²) in [7, 11) is 0. The van der Waals surface area contributed by atoms with Gasteiger partial charge in [0.25, 0.3) is 5.56 Å². The number of amides is 1. The molecule has 0 aliphatic rings. The van der Waals surface area contributed by atoms with E-state index < -0.39 is 24.2 Å². The van der Waals surface area contributed by atoms with Crippen LogP contribution >= 0.6 is 0 Å². The van der Waals surface area contributed by atoms with Crippen LogP contribution in [0, 0.1) is 0 Å². The number of hydrogen-bond acceptors (Lipinski definition) is 3. The third kappa shape index (κ3) is 2.72. The lowest BCUT2D eigenvalue weighted by molar-refractivity contribution is -0.173. The number of hydrogen-bond donors (Lipinski definition) is 2. The molecule has 1 aromatic heterocycles. The van der Waals surface area contributed by atoms with Gasteiger partial charge in [-0.1, -0.05) is 18.2 Å². The van der Waals surface area contributed by atoms with Crippen molar-refractivity contribution >= 4 is 16.7 Å². The highest BCUT2D eigenvalue weighted by Gasteiger charge is 2.38. The Morgan fingerprint density at radius 3 is 2.53 bits per heavy atom. The Kier molecular flexibility index (Phi) is 3.24. The van der Waals surface area contributed by atoms with E-state index in [1.54, 1.807) is 23.5 Å². The molecule has 2 N–H and O–H groups in total. The molecule has 0 bridgehead atoms. The summed E-state index contributed by atoms with van der Waals surface area (Å²) in [6.45, 7) is -0.421. The maximum absolute atomic E-state index is 12.0. The van der Waals surface area contributed by atoms with Gasteiger partial charge in [-0.3, -0.25) is 9.59 Å². The highest BCUT2D eigenvalue weighted by atomic mass is 19.4. The van der Waals surface area contributed by atoms with Gasteiger partial charge >= 0.3 is 12.1 Å². The summed E-state index contributed by atoms with van der Waals surface area (Å²) in [6, 6.07) is 6.31. The standard InChI is InChI=1S/C11H8F3N3O2/c12-11(13,14)10(19)15-5-8-6-3-1-2-4-7(6)9(18)17-16-8/h1-4H,5H2,(H,15,19)(H,17,18). The molecule has 100 valence electrons. The molecule has 5 nitrogen and oxygen atoms in total. The molecule has 1 aromatic carbocycles. The highest BCUT2D eigenvalue weighted by molar-refractivity contribution is 5.85. The molecular weight excluding hydrogens is 263 g/mol. The number of fused-ring (bicyclic) bond motifs is 1. The molecule has 8 heteroatoms. The van der Waals surface area contributed by atoms with Gasteiger partial charge in [0.2, 0.25) is 0 Å². The summed E-state index contributed by atoms with van der Waals surface area (Å²) >= 11 is 0. The number of aromatic amines is 1. The third-order valence-electron chi connectivity index (χ3n) is 2.45. The zero-order chi connectivity index (χ0) is 14.0. The molecule has 0 unspecified atom stereocenters. The number of H-pyrrole nitrogens is 1. The topological polar surface area (TPSA) is 74.8 Å². The van der Waals surface area contributed by atoms with Crippen LogP contribution in [0.5, 0.6) is 0 Å². The Bertz CT molecular complexity index is 679. The second kappa shape index (κ2) is 4.71. The lowest BCUT2D eigenvalue weighted by Gasteiger charge is -2.08. The lowest BCUT2D eigenvalue weighted by Crippen LogP contribution is -2.36. The van der Waals surface area contributed by atoms with Crippen molar-refractivity contribution in [3.05, 3.63) is 40.3 Å². The number of halogens is 3. The van der Waals surface area contributed by atoms with Crippen LogP contribution in [0.3, 0.4) is 0 Å². The van der Waals surface area contributed by atoms with Gasteiger partial charge in [0.1, 0.15) is 0 Å². The minimum atomic E-state index is -4.95. The molecule has 0 saturated heterocycles. The largest absolute Gasteiger partial charge is 0.471 e. The Morgan fingerprint density at radius 1 is 1.26 bits per heavy atom.